The Labute approximate surface area is 129 Å². The third kappa shape index (κ3) is 3.39. The fourth-order valence-corrected chi connectivity index (χ4v) is 2.89. The van der Waals surface area contributed by atoms with Crippen LogP contribution in [0.2, 0.25) is 0 Å². The Bertz CT molecular complexity index is 653. The lowest BCUT2D eigenvalue weighted by Gasteiger charge is -2.11. The molecule has 2 rings (SSSR count). The smallest absolute Gasteiger partial charge is 0.374 e. The van der Waals surface area contributed by atoms with Crippen LogP contribution in [0.3, 0.4) is 0 Å². The van der Waals surface area contributed by atoms with E-state index in [0.717, 1.165) is 11.1 Å². The minimum absolute atomic E-state index is 0.699. The number of aryl methyl sites for hydroxylation is 5. The predicted octanol–water partition coefficient (Wildman–Crippen LogP) is 4.86. The molecule has 0 aliphatic carbocycles. The van der Waals surface area contributed by atoms with E-state index in [0.29, 0.717) is 5.75 Å². The molecule has 2 heteroatoms. The minimum Gasteiger partial charge on any atom is -0.568 e. The second-order valence-electron chi connectivity index (χ2n) is 5.73. The second kappa shape index (κ2) is 6.21. The summed E-state index contributed by atoms with van der Waals surface area (Å²) >= 11 is 0. The van der Waals surface area contributed by atoms with Crippen LogP contribution in [0.4, 0.5) is 0 Å². The number of hydrogen-bond donors (Lipinski definition) is 0. The van der Waals surface area contributed by atoms with Gasteiger partial charge in [-0.1, -0.05) is 29.8 Å². The average Bonchev–Trinajstić information content (AvgIpc) is 2.39. The first-order chi connectivity index (χ1) is 9.92. The van der Waals surface area contributed by atoms with Crippen LogP contribution in [-0.4, -0.2) is 8.05 Å². The van der Waals surface area contributed by atoms with Crippen LogP contribution in [0.1, 0.15) is 38.9 Å². The largest absolute Gasteiger partial charge is 0.568 e. The van der Waals surface area contributed by atoms with Gasteiger partial charge in [0.25, 0.3) is 0 Å². The van der Waals surface area contributed by atoms with E-state index < -0.39 is 0 Å². The van der Waals surface area contributed by atoms with Crippen molar-refractivity contribution in [1.82, 2.24) is 0 Å². The molecular formula is C19H21BO. The molecule has 1 nitrogen and oxygen atoms in total. The van der Waals surface area contributed by atoms with Crippen molar-refractivity contribution in [2.75, 3.05) is 0 Å². The summed E-state index contributed by atoms with van der Waals surface area (Å²) in [5, 5.41) is 0. The summed E-state index contributed by atoms with van der Waals surface area (Å²) in [4.78, 5) is 0. The van der Waals surface area contributed by atoms with E-state index in [1.165, 1.54) is 27.8 Å². The number of rotatable bonds is 3. The van der Waals surface area contributed by atoms with Gasteiger partial charge in [-0.2, -0.15) is 0 Å². The van der Waals surface area contributed by atoms with Gasteiger partial charge in [0.2, 0.25) is 0 Å². The van der Waals surface area contributed by atoms with Crippen LogP contribution in [0.25, 0.3) is 12.2 Å². The molecule has 0 amide bonds. The Hall–Kier alpha value is -1.96. The first-order valence-corrected chi connectivity index (χ1v) is 7.16. The number of hydrogen-bond acceptors (Lipinski definition) is 1. The summed E-state index contributed by atoms with van der Waals surface area (Å²) in [5.74, 6) is 0.699. The van der Waals surface area contributed by atoms with Gasteiger partial charge >= 0.3 is 8.05 Å². The molecule has 0 atom stereocenters. The normalized spacial score (nSPS) is 11.1. The second-order valence-corrected chi connectivity index (χ2v) is 5.73. The van der Waals surface area contributed by atoms with E-state index in [1.54, 1.807) is 0 Å². The topological polar surface area (TPSA) is 9.23 Å². The van der Waals surface area contributed by atoms with E-state index in [9.17, 15) is 0 Å². The van der Waals surface area contributed by atoms with Crippen molar-refractivity contribution in [2.45, 2.75) is 34.6 Å². The average molecular weight is 276 g/mol. The van der Waals surface area contributed by atoms with E-state index in [4.69, 9.17) is 12.7 Å². The minimum atomic E-state index is 0.699. The zero-order chi connectivity index (χ0) is 15.6. The van der Waals surface area contributed by atoms with Gasteiger partial charge in [-0.25, -0.2) is 0 Å². The van der Waals surface area contributed by atoms with E-state index in [2.05, 4.69) is 58.9 Å². The molecule has 0 aliphatic heterocycles. The Morgan fingerprint density at radius 2 is 1.10 bits per heavy atom. The highest BCUT2D eigenvalue weighted by molar-refractivity contribution is 6.00. The summed E-state index contributed by atoms with van der Waals surface area (Å²) in [6, 6.07) is 8.36. The van der Waals surface area contributed by atoms with E-state index in [1.807, 2.05) is 12.1 Å². The molecule has 0 saturated carbocycles. The molecule has 106 valence electrons. The Kier molecular flexibility index (Phi) is 4.57. The zero-order valence-corrected chi connectivity index (χ0v) is 13.4. The highest BCUT2D eigenvalue weighted by Gasteiger charge is 2.04. The van der Waals surface area contributed by atoms with Gasteiger partial charge < -0.3 is 4.65 Å². The third-order valence-electron chi connectivity index (χ3n) is 3.86. The Balaban J connectivity index is 2.43. The zero-order valence-electron chi connectivity index (χ0n) is 13.4. The van der Waals surface area contributed by atoms with E-state index >= 15 is 0 Å². The van der Waals surface area contributed by atoms with Gasteiger partial charge in [0.05, 0.1) is 5.75 Å². The van der Waals surface area contributed by atoms with Crippen molar-refractivity contribution in [1.29, 1.82) is 0 Å². The maximum atomic E-state index is 5.24. The highest BCUT2D eigenvalue weighted by Crippen LogP contribution is 2.25. The molecule has 0 unspecified atom stereocenters. The molecule has 0 heterocycles. The summed E-state index contributed by atoms with van der Waals surface area (Å²) in [6.07, 6.45) is 4.37. The van der Waals surface area contributed by atoms with Crippen molar-refractivity contribution < 1.29 is 4.65 Å². The Morgan fingerprint density at radius 1 is 0.714 bits per heavy atom. The molecule has 2 aromatic carbocycles. The van der Waals surface area contributed by atoms with Crippen molar-refractivity contribution >= 4 is 20.2 Å². The molecule has 21 heavy (non-hydrogen) atoms. The maximum Gasteiger partial charge on any atom is 0.374 e. The molecule has 0 fully saturated rings. The van der Waals surface area contributed by atoms with Crippen LogP contribution in [0, 0.1) is 34.6 Å². The van der Waals surface area contributed by atoms with Gasteiger partial charge in [-0.3, -0.25) is 0 Å². The summed E-state index contributed by atoms with van der Waals surface area (Å²) < 4.78 is 4.82. The molecule has 0 spiro atoms. The molecule has 0 aliphatic rings. The third-order valence-corrected chi connectivity index (χ3v) is 3.86. The molecule has 0 N–H and O–H groups in total. The van der Waals surface area contributed by atoms with Gasteiger partial charge in [-0.05, 0) is 80.1 Å². The van der Waals surface area contributed by atoms with E-state index in [-0.39, 0.29) is 0 Å². The summed E-state index contributed by atoms with van der Waals surface area (Å²) in [7, 11) is 5.24. The lowest BCUT2D eigenvalue weighted by Crippen LogP contribution is -1.92. The molecular weight excluding hydrogens is 255 g/mol. The van der Waals surface area contributed by atoms with Crippen molar-refractivity contribution in [3.63, 3.8) is 0 Å². The highest BCUT2D eigenvalue weighted by atomic mass is 16.4. The van der Waals surface area contributed by atoms with Gasteiger partial charge in [0, 0.05) is 0 Å². The lowest BCUT2D eigenvalue weighted by atomic mass is 9.96. The number of benzene rings is 2. The first kappa shape index (κ1) is 15.4. The standard InChI is InChI=1S/C19H21BO/c1-12-8-13(2)18(14(3)9-12)6-7-19-15(4)10-17(21-20)11-16(19)5/h6-11H,1-5H3. The molecule has 0 saturated heterocycles. The Morgan fingerprint density at radius 3 is 1.48 bits per heavy atom. The monoisotopic (exact) mass is 276 g/mol. The van der Waals surface area contributed by atoms with Crippen molar-refractivity contribution in [3.05, 3.63) is 63.2 Å². The van der Waals surface area contributed by atoms with Gasteiger partial charge in [-0.15, -0.1) is 0 Å². The fourth-order valence-electron chi connectivity index (χ4n) is 2.89. The van der Waals surface area contributed by atoms with Crippen LogP contribution in [0.15, 0.2) is 24.3 Å². The van der Waals surface area contributed by atoms with Crippen LogP contribution >= 0.6 is 0 Å². The molecule has 0 aromatic heterocycles. The van der Waals surface area contributed by atoms with Crippen molar-refractivity contribution in [3.8, 4) is 5.75 Å². The molecule has 0 bridgehead atoms. The SMILES string of the molecule is [B]Oc1cc(C)c(C=Cc2c(C)cc(C)cc2C)c(C)c1. The van der Waals surface area contributed by atoms with Gasteiger partial charge in [0.1, 0.15) is 0 Å². The van der Waals surface area contributed by atoms with Crippen LogP contribution in [-0.2, 0) is 0 Å². The van der Waals surface area contributed by atoms with Crippen LogP contribution in [0.5, 0.6) is 5.75 Å². The van der Waals surface area contributed by atoms with Crippen molar-refractivity contribution in [2.24, 2.45) is 0 Å². The quantitative estimate of drug-likeness (QED) is 0.574. The maximum absolute atomic E-state index is 5.24. The lowest BCUT2D eigenvalue weighted by molar-refractivity contribution is 0.614. The predicted molar refractivity (Wildman–Crippen MR) is 91.9 cm³/mol. The first-order valence-electron chi connectivity index (χ1n) is 7.16. The summed E-state index contributed by atoms with van der Waals surface area (Å²) in [5.41, 5.74) is 8.75. The molecule has 2 aromatic rings. The van der Waals surface area contributed by atoms with Crippen LogP contribution < -0.4 is 4.65 Å². The van der Waals surface area contributed by atoms with Gasteiger partial charge in [0.15, 0.2) is 0 Å². The summed E-state index contributed by atoms with van der Waals surface area (Å²) in [6.45, 7) is 10.6. The molecule has 2 radical (unpaired) electrons. The fraction of sp³-hybridized carbons (Fsp3) is 0.263.